The van der Waals surface area contributed by atoms with Crippen molar-refractivity contribution in [2.75, 3.05) is 0 Å². The SMILES string of the molecule is NC1=CC(N)(CCCn2ccnc2)NN1. The van der Waals surface area contributed by atoms with Crippen molar-refractivity contribution >= 4 is 0 Å². The Kier molecular flexibility index (Phi) is 2.61. The van der Waals surface area contributed by atoms with Crippen LogP contribution < -0.4 is 22.3 Å². The predicted molar refractivity (Wildman–Crippen MR) is 56.9 cm³/mol. The summed E-state index contributed by atoms with van der Waals surface area (Å²) in [7, 11) is 0. The van der Waals surface area contributed by atoms with Crippen LogP contribution >= 0.6 is 0 Å². The van der Waals surface area contributed by atoms with Crippen molar-refractivity contribution in [2.24, 2.45) is 11.5 Å². The fourth-order valence-corrected chi connectivity index (χ4v) is 1.65. The maximum absolute atomic E-state index is 6.03. The first-order valence-corrected chi connectivity index (χ1v) is 4.94. The molecule has 1 aliphatic rings. The smallest absolute Gasteiger partial charge is 0.110 e. The van der Waals surface area contributed by atoms with Gasteiger partial charge in [0.05, 0.1) is 6.33 Å². The molecular weight excluding hydrogens is 192 g/mol. The molecule has 0 saturated heterocycles. The van der Waals surface area contributed by atoms with E-state index in [1.54, 1.807) is 18.6 Å². The molecule has 0 aromatic carbocycles. The molecule has 15 heavy (non-hydrogen) atoms. The molecule has 1 unspecified atom stereocenters. The van der Waals surface area contributed by atoms with Gasteiger partial charge in [0.25, 0.3) is 0 Å². The van der Waals surface area contributed by atoms with E-state index in [0.29, 0.717) is 5.82 Å². The standard InChI is InChI=1S/C9H16N6/c10-8-6-9(11,14-13-8)2-1-4-15-5-3-12-7-15/h3,5-7,13-14H,1-2,4,10-11H2. The maximum Gasteiger partial charge on any atom is 0.110 e. The number of aromatic nitrogens is 2. The summed E-state index contributed by atoms with van der Waals surface area (Å²) >= 11 is 0. The zero-order valence-corrected chi connectivity index (χ0v) is 8.48. The Hall–Kier alpha value is -1.53. The molecule has 82 valence electrons. The molecule has 0 spiro atoms. The predicted octanol–water partition coefficient (Wildman–Crippen LogP) is -0.774. The van der Waals surface area contributed by atoms with E-state index in [4.69, 9.17) is 11.5 Å². The molecule has 0 bridgehead atoms. The van der Waals surface area contributed by atoms with E-state index < -0.39 is 5.66 Å². The van der Waals surface area contributed by atoms with E-state index in [9.17, 15) is 0 Å². The number of nitrogens with two attached hydrogens (primary N) is 2. The lowest BCUT2D eigenvalue weighted by molar-refractivity contribution is 0.366. The third kappa shape index (κ3) is 2.48. The summed E-state index contributed by atoms with van der Waals surface area (Å²) in [6, 6.07) is 0. The van der Waals surface area contributed by atoms with Gasteiger partial charge in [0.1, 0.15) is 11.5 Å². The second kappa shape index (κ2) is 3.92. The van der Waals surface area contributed by atoms with Crippen LogP contribution in [0.2, 0.25) is 0 Å². The Bertz CT molecular complexity index is 343. The lowest BCUT2D eigenvalue weighted by Crippen LogP contribution is -2.52. The van der Waals surface area contributed by atoms with Crippen LogP contribution in [0.3, 0.4) is 0 Å². The highest BCUT2D eigenvalue weighted by Crippen LogP contribution is 2.12. The minimum Gasteiger partial charge on any atom is -0.385 e. The molecule has 1 aromatic rings. The number of imidazole rings is 1. The first-order valence-electron chi connectivity index (χ1n) is 4.94. The van der Waals surface area contributed by atoms with Gasteiger partial charge in [0, 0.05) is 18.9 Å². The summed E-state index contributed by atoms with van der Waals surface area (Å²) in [6.45, 7) is 0.911. The molecule has 1 aliphatic heterocycles. The van der Waals surface area contributed by atoms with E-state index in [0.717, 1.165) is 19.4 Å². The van der Waals surface area contributed by atoms with Crippen LogP contribution in [0.4, 0.5) is 0 Å². The average molecular weight is 208 g/mol. The zero-order chi connectivity index (χ0) is 10.7. The Labute approximate surface area is 88.3 Å². The molecule has 0 radical (unpaired) electrons. The number of hydrogen-bond acceptors (Lipinski definition) is 5. The minimum atomic E-state index is -0.523. The monoisotopic (exact) mass is 208 g/mol. The number of aryl methyl sites for hydroxylation is 1. The third-order valence-electron chi connectivity index (χ3n) is 2.42. The molecule has 0 amide bonds. The Balaban J connectivity index is 1.79. The molecule has 0 saturated carbocycles. The van der Waals surface area contributed by atoms with E-state index in [1.807, 2.05) is 10.8 Å². The van der Waals surface area contributed by atoms with Crippen LogP contribution in [0.5, 0.6) is 0 Å². The van der Waals surface area contributed by atoms with E-state index in [2.05, 4.69) is 15.8 Å². The summed E-state index contributed by atoms with van der Waals surface area (Å²) in [6.07, 6.45) is 9.10. The summed E-state index contributed by atoms with van der Waals surface area (Å²) < 4.78 is 2.03. The van der Waals surface area contributed by atoms with Gasteiger partial charge in [-0.1, -0.05) is 0 Å². The number of nitrogens with one attached hydrogen (secondary N) is 2. The summed E-state index contributed by atoms with van der Waals surface area (Å²) in [4.78, 5) is 3.97. The first kappa shape index (κ1) is 10.0. The number of rotatable bonds is 4. The molecule has 1 atom stereocenters. The van der Waals surface area contributed by atoms with Crippen LogP contribution in [-0.4, -0.2) is 15.2 Å². The van der Waals surface area contributed by atoms with Crippen LogP contribution in [0.15, 0.2) is 30.6 Å². The van der Waals surface area contributed by atoms with Crippen molar-refractivity contribution < 1.29 is 0 Å². The molecule has 6 N–H and O–H groups in total. The van der Waals surface area contributed by atoms with Crippen LogP contribution in [-0.2, 0) is 6.54 Å². The van der Waals surface area contributed by atoms with Gasteiger partial charge in [-0.05, 0) is 18.9 Å². The highest BCUT2D eigenvalue weighted by Gasteiger charge is 2.26. The number of hydrogen-bond donors (Lipinski definition) is 4. The highest BCUT2D eigenvalue weighted by molar-refractivity contribution is 5.13. The summed E-state index contributed by atoms with van der Waals surface area (Å²) in [5.41, 5.74) is 16.8. The second-order valence-electron chi connectivity index (χ2n) is 3.79. The third-order valence-corrected chi connectivity index (χ3v) is 2.42. The van der Waals surface area contributed by atoms with E-state index in [1.165, 1.54) is 0 Å². The van der Waals surface area contributed by atoms with Gasteiger partial charge in [-0.2, -0.15) is 0 Å². The lowest BCUT2D eigenvalue weighted by Gasteiger charge is -2.21. The minimum absolute atomic E-state index is 0.523. The fourth-order valence-electron chi connectivity index (χ4n) is 1.65. The number of nitrogens with zero attached hydrogens (tertiary/aromatic N) is 2. The summed E-state index contributed by atoms with van der Waals surface area (Å²) in [5.74, 6) is 0.583. The van der Waals surface area contributed by atoms with Gasteiger partial charge in [-0.15, -0.1) is 0 Å². The summed E-state index contributed by atoms with van der Waals surface area (Å²) in [5, 5.41) is 0. The van der Waals surface area contributed by atoms with Gasteiger partial charge < -0.3 is 21.5 Å². The largest absolute Gasteiger partial charge is 0.385 e. The van der Waals surface area contributed by atoms with Gasteiger partial charge in [-0.3, -0.25) is 0 Å². The van der Waals surface area contributed by atoms with Crippen molar-refractivity contribution in [1.29, 1.82) is 0 Å². The maximum atomic E-state index is 6.03. The lowest BCUT2D eigenvalue weighted by atomic mass is 10.1. The molecule has 0 aliphatic carbocycles. The molecular formula is C9H16N6. The topological polar surface area (TPSA) is 93.9 Å². The van der Waals surface area contributed by atoms with Gasteiger partial charge >= 0.3 is 0 Å². The van der Waals surface area contributed by atoms with Crippen molar-refractivity contribution in [3.8, 4) is 0 Å². The van der Waals surface area contributed by atoms with E-state index >= 15 is 0 Å². The first-order chi connectivity index (χ1) is 7.18. The Morgan fingerprint density at radius 3 is 3.00 bits per heavy atom. The van der Waals surface area contributed by atoms with Crippen LogP contribution in [0.1, 0.15) is 12.8 Å². The zero-order valence-electron chi connectivity index (χ0n) is 8.48. The molecule has 1 aromatic heterocycles. The van der Waals surface area contributed by atoms with Crippen molar-refractivity contribution in [3.63, 3.8) is 0 Å². The fraction of sp³-hybridized carbons (Fsp3) is 0.444. The van der Waals surface area contributed by atoms with Crippen molar-refractivity contribution in [3.05, 3.63) is 30.6 Å². The molecule has 2 rings (SSSR count). The Morgan fingerprint density at radius 1 is 1.53 bits per heavy atom. The van der Waals surface area contributed by atoms with Gasteiger partial charge in [0.2, 0.25) is 0 Å². The molecule has 0 fully saturated rings. The molecule has 6 heteroatoms. The molecule has 6 nitrogen and oxygen atoms in total. The average Bonchev–Trinajstić information content (AvgIpc) is 2.77. The van der Waals surface area contributed by atoms with Gasteiger partial charge in [-0.25, -0.2) is 10.4 Å². The van der Waals surface area contributed by atoms with Gasteiger partial charge in [0.15, 0.2) is 0 Å². The van der Waals surface area contributed by atoms with Crippen LogP contribution in [0, 0.1) is 0 Å². The molecule has 2 heterocycles. The Morgan fingerprint density at radius 2 is 2.40 bits per heavy atom. The van der Waals surface area contributed by atoms with Crippen molar-refractivity contribution in [1.82, 2.24) is 20.4 Å². The van der Waals surface area contributed by atoms with E-state index in [-0.39, 0.29) is 0 Å². The van der Waals surface area contributed by atoms with Crippen LogP contribution in [0.25, 0.3) is 0 Å². The number of hydrazine groups is 1. The quantitative estimate of drug-likeness (QED) is 0.521. The van der Waals surface area contributed by atoms with Crippen molar-refractivity contribution in [2.45, 2.75) is 25.0 Å². The normalized spacial score (nSPS) is 25.0. The highest BCUT2D eigenvalue weighted by atomic mass is 15.5. The second-order valence-corrected chi connectivity index (χ2v) is 3.79.